The SMILES string of the molecule is Cc1ccc(OCc2nccc3c(C)c(C)n(Cc4ccc(Cl)c(Cl)c4)c23)cc1.Cl. The largest absolute Gasteiger partial charge is 0.487 e. The van der Waals surface area contributed by atoms with Crippen LogP contribution in [0.25, 0.3) is 10.9 Å². The Bertz CT molecular complexity index is 1180. The number of hydrogen-bond donors (Lipinski definition) is 0. The third-order valence-corrected chi connectivity index (χ3v) is 6.08. The third kappa shape index (κ3) is 4.44. The lowest BCUT2D eigenvalue weighted by Gasteiger charge is -2.13. The van der Waals surface area contributed by atoms with Gasteiger partial charge in [0.1, 0.15) is 18.1 Å². The second-order valence-corrected chi connectivity index (χ2v) is 8.11. The van der Waals surface area contributed by atoms with Crippen molar-refractivity contribution in [1.29, 1.82) is 0 Å². The molecule has 4 aromatic rings. The minimum absolute atomic E-state index is 0. The quantitative estimate of drug-likeness (QED) is 0.311. The number of ether oxygens (including phenoxy) is 1. The van der Waals surface area contributed by atoms with Gasteiger partial charge in [-0.15, -0.1) is 12.4 Å². The topological polar surface area (TPSA) is 27.1 Å². The number of pyridine rings is 1. The van der Waals surface area contributed by atoms with Crippen LogP contribution in [0.3, 0.4) is 0 Å². The van der Waals surface area contributed by atoms with Gasteiger partial charge in [-0.2, -0.15) is 0 Å². The minimum Gasteiger partial charge on any atom is -0.487 e. The first kappa shape index (κ1) is 22.5. The van der Waals surface area contributed by atoms with Gasteiger partial charge < -0.3 is 9.30 Å². The number of hydrogen-bond acceptors (Lipinski definition) is 2. The summed E-state index contributed by atoms with van der Waals surface area (Å²) in [4.78, 5) is 4.63. The Morgan fingerprint density at radius 1 is 0.933 bits per heavy atom. The number of aryl methyl sites for hydroxylation is 2. The number of halogens is 3. The summed E-state index contributed by atoms with van der Waals surface area (Å²) in [5.74, 6) is 0.838. The van der Waals surface area contributed by atoms with Gasteiger partial charge in [0.15, 0.2) is 0 Å². The van der Waals surface area contributed by atoms with Crippen molar-refractivity contribution in [2.24, 2.45) is 0 Å². The summed E-state index contributed by atoms with van der Waals surface area (Å²) >= 11 is 12.3. The highest BCUT2D eigenvalue weighted by molar-refractivity contribution is 6.42. The highest BCUT2D eigenvalue weighted by Crippen LogP contribution is 2.30. The van der Waals surface area contributed by atoms with E-state index in [2.05, 4.69) is 36.4 Å². The van der Waals surface area contributed by atoms with Crippen molar-refractivity contribution in [2.75, 3.05) is 0 Å². The molecule has 6 heteroatoms. The van der Waals surface area contributed by atoms with Crippen LogP contribution < -0.4 is 4.74 Å². The van der Waals surface area contributed by atoms with E-state index in [0.717, 1.165) is 22.5 Å². The average molecular weight is 462 g/mol. The second kappa shape index (κ2) is 9.30. The van der Waals surface area contributed by atoms with Crippen molar-refractivity contribution in [3.05, 3.63) is 92.9 Å². The van der Waals surface area contributed by atoms with Gasteiger partial charge in [0.05, 0.1) is 15.6 Å². The third-order valence-electron chi connectivity index (χ3n) is 5.34. The van der Waals surface area contributed by atoms with Crippen LogP contribution in [-0.4, -0.2) is 9.55 Å². The fourth-order valence-corrected chi connectivity index (χ4v) is 3.90. The van der Waals surface area contributed by atoms with Gasteiger partial charge in [-0.05, 0) is 62.2 Å². The van der Waals surface area contributed by atoms with Crippen LogP contribution in [0.5, 0.6) is 5.75 Å². The van der Waals surface area contributed by atoms with Gasteiger partial charge in [0, 0.05) is 23.8 Å². The number of nitrogens with zero attached hydrogens (tertiary/aromatic N) is 2. The molecule has 0 radical (unpaired) electrons. The molecule has 30 heavy (non-hydrogen) atoms. The molecule has 4 rings (SSSR count). The van der Waals surface area contributed by atoms with E-state index in [9.17, 15) is 0 Å². The molecule has 0 saturated carbocycles. The van der Waals surface area contributed by atoms with E-state index in [0.29, 0.717) is 23.2 Å². The highest BCUT2D eigenvalue weighted by Gasteiger charge is 2.16. The minimum atomic E-state index is 0. The molecular formula is C24H23Cl3N2O. The van der Waals surface area contributed by atoms with E-state index in [-0.39, 0.29) is 12.4 Å². The second-order valence-electron chi connectivity index (χ2n) is 7.30. The van der Waals surface area contributed by atoms with Gasteiger partial charge in [-0.1, -0.05) is 47.0 Å². The van der Waals surface area contributed by atoms with E-state index >= 15 is 0 Å². The van der Waals surface area contributed by atoms with Crippen molar-refractivity contribution < 1.29 is 4.74 Å². The summed E-state index contributed by atoms with van der Waals surface area (Å²) in [5, 5.41) is 2.32. The lowest BCUT2D eigenvalue weighted by atomic mass is 10.1. The molecule has 0 atom stereocenters. The monoisotopic (exact) mass is 460 g/mol. The Morgan fingerprint density at radius 3 is 2.37 bits per heavy atom. The summed E-state index contributed by atoms with van der Waals surface area (Å²) in [5.41, 5.74) is 6.77. The molecule has 3 nitrogen and oxygen atoms in total. The van der Waals surface area contributed by atoms with Gasteiger partial charge >= 0.3 is 0 Å². The Hall–Kier alpha value is -2.20. The maximum absolute atomic E-state index is 6.23. The number of aromatic nitrogens is 2. The van der Waals surface area contributed by atoms with Crippen LogP contribution in [0.2, 0.25) is 10.0 Å². The molecule has 0 bridgehead atoms. The van der Waals surface area contributed by atoms with Gasteiger partial charge in [0.25, 0.3) is 0 Å². The summed E-state index contributed by atoms with van der Waals surface area (Å²) in [6.07, 6.45) is 1.85. The summed E-state index contributed by atoms with van der Waals surface area (Å²) in [6.45, 7) is 7.44. The van der Waals surface area contributed by atoms with E-state index in [1.54, 1.807) is 0 Å². The van der Waals surface area contributed by atoms with Crippen LogP contribution in [0.15, 0.2) is 54.7 Å². The zero-order chi connectivity index (χ0) is 20.5. The van der Waals surface area contributed by atoms with Gasteiger partial charge in [-0.3, -0.25) is 4.98 Å². The molecule has 156 valence electrons. The van der Waals surface area contributed by atoms with Crippen LogP contribution in [0.4, 0.5) is 0 Å². The standard InChI is InChI=1S/C24H22Cl2N2O.ClH/c1-15-4-7-19(8-5-15)29-14-23-24-20(10-11-27-23)16(2)17(3)28(24)13-18-6-9-21(25)22(26)12-18;/h4-12H,13-14H2,1-3H3;1H. The maximum atomic E-state index is 6.23. The number of fused-ring (bicyclic) bond motifs is 1. The summed E-state index contributed by atoms with van der Waals surface area (Å²) in [7, 11) is 0. The fraction of sp³-hybridized carbons (Fsp3) is 0.208. The Kier molecular flexibility index (Phi) is 6.97. The molecule has 0 N–H and O–H groups in total. The first-order valence-corrected chi connectivity index (χ1v) is 10.3. The molecule has 0 spiro atoms. The predicted octanol–water partition coefficient (Wildman–Crippen LogP) is 7.32. The molecule has 0 fully saturated rings. The van der Waals surface area contributed by atoms with E-state index < -0.39 is 0 Å². The molecule has 0 aliphatic carbocycles. The van der Waals surface area contributed by atoms with Gasteiger partial charge in [-0.25, -0.2) is 0 Å². The van der Waals surface area contributed by atoms with Crippen molar-refractivity contribution in [3.8, 4) is 5.75 Å². The predicted molar refractivity (Wildman–Crippen MR) is 128 cm³/mol. The average Bonchev–Trinajstić information content (AvgIpc) is 2.96. The molecule has 0 aliphatic rings. The zero-order valence-electron chi connectivity index (χ0n) is 17.1. The Balaban J connectivity index is 0.00000256. The van der Waals surface area contributed by atoms with E-state index in [4.69, 9.17) is 27.9 Å². The Labute approximate surface area is 193 Å². The Morgan fingerprint density at radius 2 is 1.67 bits per heavy atom. The molecular weight excluding hydrogens is 439 g/mol. The molecule has 2 aromatic carbocycles. The molecule has 2 aromatic heterocycles. The lowest BCUT2D eigenvalue weighted by Crippen LogP contribution is -2.06. The van der Waals surface area contributed by atoms with Crippen LogP contribution in [0.1, 0.15) is 28.1 Å². The summed E-state index contributed by atoms with van der Waals surface area (Å²) < 4.78 is 8.31. The first-order valence-electron chi connectivity index (χ1n) is 9.50. The van der Waals surface area contributed by atoms with Crippen molar-refractivity contribution in [2.45, 2.75) is 33.9 Å². The van der Waals surface area contributed by atoms with E-state index in [1.165, 1.54) is 22.2 Å². The summed E-state index contributed by atoms with van der Waals surface area (Å²) in [6, 6.07) is 15.9. The maximum Gasteiger partial charge on any atom is 0.132 e. The van der Waals surface area contributed by atoms with Crippen LogP contribution in [-0.2, 0) is 13.2 Å². The van der Waals surface area contributed by atoms with Crippen molar-refractivity contribution in [1.82, 2.24) is 9.55 Å². The van der Waals surface area contributed by atoms with Crippen LogP contribution >= 0.6 is 35.6 Å². The smallest absolute Gasteiger partial charge is 0.132 e. The van der Waals surface area contributed by atoms with Gasteiger partial charge in [0.2, 0.25) is 0 Å². The van der Waals surface area contributed by atoms with Crippen molar-refractivity contribution >= 4 is 46.5 Å². The normalized spacial score (nSPS) is 10.8. The first-order chi connectivity index (χ1) is 13.9. The molecule has 0 saturated heterocycles. The fourth-order valence-electron chi connectivity index (χ4n) is 3.58. The number of rotatable bonds is 5. The van der Waals surface area contributed by atoms with Crippen molar-refractivity contribution in [3.63, 3.8) is 0 Å². The number of benzene rings is 2. The molecule has 2 heterocycles. The lowest BCUT2D eigenvalue weighted by molar-refractivity contribution is 0.302. The zero-order valence-corrected chi connectivity index (χ0v) is 19.4. The molecule has 0 unspecified atom stereocenters. The van der Waals surface area contributed by atoms with E-state index in [1.807, 2.05) is 48.7 Å². The molecule has 0 aliphatic heterocycles. The highest BCUT2D eigenvalue weighted by atomic mass is 35.5. The molecule has 0 amide bonds. The van der Waals surface area contributed by atoms with Crippen LogP contribution in [0, 0.1) is 20.8 Å².